The number of rotatable bonds is 6. The number of ketones is 1. The molecule has 0 heterocycles. The van der Waals surface area contributed by atoms with Crippen molar-refractivity contribution in [3.8, 4) is 17.2 Å². The molecule has 0 aliphatic heterocycles. The minimum Gasteiger partial charge on any atom is -0.495 e. The highest BCUT2D eigenvalue weighted by atomic mass is 35.5. The summed E-state index contributed by atoms with van der Waals surface area (Å²) in [5.41, 5.74) is 0.254. The topological polar surface area (TPSA) is 56.8 Å². The van der Waals surface area contributed by atoms with Crippen LogP contribution >= 0.6 is 11.6 Å². The second-order valence-corrected chi connectivity index (χ2v) is 3.83. The lowest BCUT2D eigenvalue weighted by molar-refractivity contribution is 0.0990. The maximum absolute atomic E-state index is 12.0. The molecule has 0 atom stereocenters. The number of hydrogen-bond donors (Lipinski definition) is 1. The maximum atomic E-state index is 12.0. The Morgan fingerprint density at radius 1 is 1.22 bits per heavy atom. The van der Waals surface area contributed by atoms with Crippen LogP contribution in [0.25, 0.3) is 0 Å². The van der Waals surface area contributed by atoms with E-state index >= 15 is 0 Å². The van der Waals surface area contributed by atoms with E-state index in [2.05, 4.69) is 5.32 Å². The Labute approximate surface area is 111 Å². The minimum atomic E-state index is -0.198. The summed E-state index contributed by atoms with van der Waals surface area (Å²) in [4.78, 5) is 12.0. The third-order valence-corrected chi connectivity index (χ3v) is 2.78. The van der Waals surface area contributed by atoms with Crippen LogP contribution in [-0.2, 0) is 0 Å². The first-order valence-electron chi connectivity index (χ1n) is 5.26. The van der Waals surface area contributed by atoms with E-state index in [1.807, 2.05) is 0 Å². The molecule has 1 aromatic carbocycles. The molecule has 0 saturated carbocycles. The summed E-state index contributed by atoms with van der Waals surface area (Å²) in [5.74, 6) is 0.882. The van der Waals surface area contributed by atoms with Crippen molar-refractivity contribution < 1.29 is 19.0 Å². The molecule has 18 heavy (non-hydrogen) atoms. The van der Waals surface area contributed by atoms with Crippen LogP contribution in [-0.4, -0.2) is 40.7 Å². The van der Waals surface area contributed by atoms with Crippen LogP contribution in [0.15, 0.2) is 6.07 Å². The molecule has 0 spiro atoms. The van der Waals surface area contributed by atoms with Crippen molar-refractivity contribution in [3.05, 3.63) is 16.7 Å². The Balaban J connectivity index is 3.47. The number of Topliss-reactive ketones (excluding diaryl/α,β-unsaturated/α-hetero) is 1. The largest absolute Gasteiger partial charge is 0.495 e. The molecule has 5 nitrogen and oxygen atoms in total. The fourth-order valence-electron chi connectivity index (χ4n) is 1.59. The van der Waals surface area contributed by atoms with Crippen molar-refractivity contribution in [1.82, 2.24) is 5.32 Å². The third kappa shape index (κ3) is 2.68. The lowest BCUT2D eigenvalue weighted by atomic mass is 10.1. The first-order valence-corrected chi connectivity index (χ1v) is 5.64. The van der Waals surface area contributed by atoms with E-state index in [1.165, 1.54) is 21.3 Å². The smallest absolute Gasteiger partial charge is 0.182 e. The van der Waals surface area contributed by atoms with E-state index in [0.29, 0.717) is 17.2 Å². The average molecular weight is 274 g/mol. The minimum absolute atomic E-state index is 0.145. The lowest BCUT2D eigenvalue weighted by Crippen LogP contribution is -2.20. The fraction of sp³-hybridized carbons (Fsp3) is 0.417. The predicted octanol–water partition coefficient (Wildman–Crippen LogP) is 1.77. The Bertz CT molecular complexity index is 448. The second-order valence-electron chi connectivity index (χ2n) is 3.46. The number of methoxy groups -OCH3 is 3. The summed E-state index contributed by atoms with van der Waals surface area (Å²) in [6, 6.07) is 1.58. The zero-order chi connectivity index (χ0) is 13.7. The van der Waals surface area contributed by atoms with Crippen molar-refractivity contribution in [2.45, 2.75) is 0 Å². The van der Waals surface area contributed by atoms with E-state index in [1.54, 1.807) is 13.1 Å². The highest BCUT2D eigenvalue weighted by molar-refractivity contribution is 6.36. The summed E-state index contributed by atoms with van der Waals surface area (Å²) in [6.45, 7) is 0.145. The van der Waals surface area contributed by atoms with Gasteiger partial charge in [-0.25, -0.2) is 0 Å². The monoisotopic (exact) mass is 273 g/mol. The maximum Gasteiger partial charge on any atom is 0.182 e. The molecule has 0 aliphatic carbocycles. The molecule has 0 bridgehead atoms. The molecule has 0 aliphatic rings. The van der Waals surface area contributed by atoms with Crippen molar-refractivity contribution in [2.75, 3.05) is 34.9 Å². The van der Waals surface area contributed by atoms with Crippen LogP contribution in [0.5, 0.6) is 17.2 Å². The number of nitrogens with one attached hydrogen (secondary N) is 1. The van der Waals surface area contributed by atoms with Gasteiger partial charge in [0.15, 0.2) is 17.3 Å². The molecule has 0 fully saturated rings. The number of likely N-dealkylation sites (N-methyl/N-ethyl adjacent to an activating group) is 1. The van der Waals surface area contributed by atoms with Crippen LogP contribution in [0.3, 0.4) is 0 Å². The summed E-state index contributed by atoms with van der Waals surface area (Å²) in [6.07, 6.45) is 0. The van der Waals surface area contributed by atoms with Gasteiger partial charge in [-0.3, -0.25) is 4.79 Å². The van der Waals surface area contributed by atoms with Crippen molar-refractivity contribution >= 4 is 17.4 Å². The number of halogens is 1. The molecule has 6 heteroatoms. The zero-order valence-corrected chi connectivity index (χ0v) is 11.6. The fourth-order valence-corrected chi connectivity index (χ4v) is 1.92. The third-order valence-electron chi connectivity index (χ3n) is 2.41. The molecule has 1 N–H and O–H groups in total. The van der Waals surface area contributed by atoms with Crippen LogP contribution in [0.2, 0.25) is 5.02 Å². The van der Waals surface area contributed by atoms with Gasteiger partial charge in [-0.2, -0.15) is 0 Å². The average Bonchev–Trinajstić information content (AvgIpc) is 2.38. The molecule has 100 valence electrons. The standard InChI is InChI=1S/C12H16ClNO4/c1-14-6-7(15)10-11(13)8(16-2)5-9(17-3)12(10)18-4/h5,14H,6H2,1-4H3. The number of carbonyl (C=O) groups excluding carboxylic acids is 1. The first kappa shape index (κ1) is 14.6. The van der Waals surface area contributed by atoms with E-state index in [4.69, 9.17) is 25.8 Å². The van der Waals surface area contributed by atoms with E-state index in [-0.39, 0.29) is 22.9 Å². The van der Waals surface area contributed by atoms with E-state index in [9.17, 15) is 4.79 Å². The lowest BCUT2D eigenvalue weighted by Gasteiger charge is -2.16. The van der Waals surface area contributed by atoms with Gasteiger partial charge in [-0.15, -0.1) is 0 Å². The Kier molecular flexibility index (Phi) is 5.25. The van der Waals surface area contributed by atoms with Gasteiger partial charge in [0.05, 0.1) is 38.5 Å². The van der Waals surface area contributed by atoms with Crippen LogP contribution in [0.4, 0.5) is 0 Å². The number of hydrogen-bond acceptors (Lipinski definition) is 5. The summed E-state index contributed by atoms with van der Waals surface area (Å²) >= 11 is 6.14. The highest BCUT2D eigenvalue weighted by Crippen LogP contribution is 2.42. The molecular weight excluding hydrogens is 258 g/mol. The van der Waals surface area contributed by atoms with Gasteiger partial charge in [0.25, 0.3) is 0 Å². The number of benzene rings is 1. The highest BCUT2D eigenvalue weighted by Gasteiger charge is 2.23. The van der Waals surface area contributed by atoms with E-state index < -0.39 is 0 Å². The molecule has 1 aromatic rings. The van der Waals surface area contributed by atoms with Crippen LogP contribution < -0.4 is 19.5 Å². The van der Waals surface area contributed by atoms with Gasteiger partial charge < -0.3 is 19.5 Å². The number of ether oxygens (including phenoxy) is 3. The molecule has 1 rings (SSSR count). The summed E-state index contributed by atoms with van der Waals surface area (Å²) in [5, 5.41) is 2.99. The van der Waals surface area contributed by atoms with Crippen LogP contribution in [0.1, 0.15) is 10.4 Å². The van der Waals surface area contributed by atoms with Gasteiger partial charge in [-0.1, -0.05) is 11.6 Å². The van der Waals surface area contributed by atoms with E-state index in [0.717, 1.165) is 0 Å². The number of carbonyl (C=O) groups is 1. The predicted molar refractivity (Wildman–Crippen MR) is 69.4 cm³/mol. The molecule has 0 unspecified atom stereocenters. The SMILES string of the molecule is CNCC(=O)c1c(Cl)c(OC)cc(OC)c1OC. The Morgan fingerprint density at radius 2 is 1.83 bits per heavy atom. The van der Waals surface area contributed by atoms with Crippen molar-refractivity contribution in [1.29, 1.82) is 0 Å². The van der Waals surface area contributed by atoms with Gasteiger partial charge in [-0.05, 0) is 7.05 Å². The molecule has 0 aromatic heterocycles. The first-order chi connectivity index (χ1) is 8.60. The quantitative estimate of drug-likeness (QED) is 0.801. The van der Waals surface area contributed by atoms with Gasteiger partial charge in [0, 0.05) is 6.07 Å². The molecular formula is C12H16ClNO4. The molecule has 0 radical (unpaired) electrons. The van der Waals surface area contributed by atoms with Crippen LogP contribution in [0, 0.1) is 0 Å². The van der Waals surface area contributed by atoms with Gasteiger partial charge in [0.2, 0.25) is 0 Å². The summed E-state index contributed by atoms with van der Waals surface area (Å²) in [7, 11) is 6.09. The Hall–Kier alpha value is -1.46. The zero-order valence-electron chi connectivity index (χ0n) is 10.8. The van der Waals surface area contributed by atoms with Crippen molar-refractivity contribution in [3.63, 3.8) is 0 Å². The molecule has 0 amide bonds. The Morgan fingerprint density at radius 3 is 2.28 bits per heavy atom. The second kappa shape index (κ2) is 6.47. The molecule has 0 saturated heterocycles. The van der Waals surface area contributed by atoms with Gasteiger partial charge in [0.1, 0.15) is 5.75 Å². The summed E-state index contributed by atoms with van der Waals surface area (Å²) < 4.78 is 15.5. The van der Waals surface area contributed by atoms with Crippen molar-refractivity contribution in [2.24, 2.45) is 0 Å². The van der Waals surface area contributed by atoms with Gasteiger partial charge >= 0.3 is 0 Å². The normalized spacial score (nSPS) is 10.1.